The van der Waals surface area contributed by atoms with Gasteiger partial charge in [-0.05, 0) is 23.6 Å². The van der Waals surface area contributed by atoms with Crippen LogP contribution in [0.4, 0.5) is 0 Å². The first-order valence-corrected chi connectivity index (χ1v) is 7.54. The van der Waals surface area contributed by atoms with Crippen LogP contribution in [0.25, 0.3) is 28.2 Å². The third kappa shape index (κ3) is 1.80. The van der Waals surface area contributed by atoms with E-state index in [1.165, 1.54) is 0 Å². The van der Waals surface area contributed by atoms with Crippen LogP contribution in [0.1, 0.15) is 0 Å². The number of aryl methyl sites for hydroxylation is 1. The summed E-state index contributed by atoms with van der Waals surface area (Å²) in [5, 5.41) is 4.54. The fourth-order valence-electron chi connectivity index (χ4n) is 2.43. The Morgan fingerprint density at radius 2 is 2.10 bits per heavy atom. The van der Waals surface area contributed by atoms with Crippen molar-refractivity contribution < 1.29 is 0 Å². The number of aromatic nitrogens is 4. The topological polar surface area (TPSA) is 52.2 Å². The molecule has 0 N–H and O–H groups in total. The van der Waals surface area contributed by atoms with Crippen LogP contribution in [-0.2, 0) is 7.05 Å². The average Bonchev–Trinajstić information content (AvgIpc) is 3.08. The van der Waals surface area contributed by atoms with Crippen molar-refractivity contribution in [3.63, 3.8) is 0 Å². The van der Waals surface area contributed by atoms with Gasteiger partial charge in [0.1, 0.15) is 11.5 Å². The second-order valence-electron chi connectivity index (χ2n) is 4.67. The van der Waals surface area contributed by atoms with E-state index in [0.717, 1.165) is 11.4 Å². The lowest BCUT2D eigenvalue weighted by atomic mass is 10.3. The van der Waals surface area contributed by atoms with Gasteiger partial charge in [-0.2, -0.15) is 16.3 Å². The molecule has 0 spiro atoms. The molecule has 7 heteroatoms. The molecule has 0 saturated heterocycles. The minimum atomic E-state index is -0.288. The smallest absolute Gasteiger partial charge is 0.299 e. The maximum Gasteiger partial charge on any atom is 0.299 e. The van der Waals surface area contributed by atoms with E-state index in [0.29, 0.717) is 21.8 Å². The van der Waals surface area contributed by atoms with Crippen molar-refractivity contribution >= 4 is 39.7 Å². The molecule has 0 aliphatic rings. The first-order valence-electron chi connectivity index (χ1n) is 6.22. The first-order chi connectivity index (χ1) is 10.1. The molecule has 4 heterocycles. The number of hydrogen-bond donors (Lipinski definition) is 0. The minimum Gasteiger partial charge on any atom is -0.321 e. The average molecular weight is 317 g/mol. The molecule has 4 rings (SSSR count). The highest BCUT2D eigenvalue weighted by Gasteiger charge is 2.16. The second-order valence-corrected chi connectivity index (χ2v) is 5.89. The van der Waals surface area contributed by atoms with E-state index < -0.39 is 0 Å². The zero-order valence-electron chi connectivity index (χ0n) is 10.9. The van der Waals surface area contributed by atoms with Gasteiger partial charge in [-0.15, -0.1) is 0 Å². The monoisotopic (exact) mass is 316 g/mol. The number of halogens is 1. The first kappa shape index (κ1) is 12.6. The van der Waals surface area contributed by atoms with Gasteiger partial charge < -0.3 is 4.57 Å². The number of thiophene rings is 1. The molecule has 4 aromatic rings. The Bertz CT molecular complexity index is 1030. The van der Waals surface area contributed by atoms with Crippen molar-refractivity contribution in [1.82, 2.24) is 18.9 Å². The maximum atomic E-state index is 12.3. The number of pyridine rings is 1. The molecule has 0 aromatic carbocycles. The zero-order chi connectivity index (χ0) is 14.6. The molecule has 0 unspecified atom stereocenters. The summed E-state index contributed by atoms with van der Waals surface area (Å²) in [4.78, 5) is 21.0. The van der Waals surface area contributed by atoms with Gasteiger partial charge in [0.05, 0.1) is 5.02 Å². The Hall–Kier alpha value is -2.18. The standard InChI is InChI=1S/C14H9ClN4OS/c1-18-11-13(17-12(18)8-4-5-21-7-8)19-6-9(15)2-3-10(19)16-14(11)20/h2-7H,1H3. The molecular formula is C14H9ClN4OS. The maximum absolute atomic E-state index is 12.3. The lowest BCUT2D eigenvalue weighted by molar-refractivity contribution is 0.951. The van der Waals surface area contributed by atoms with Crippen LogP contribution in [0.5, 0.6) is 0 Å². The number of nitrogens with zero attached hydrogens (tertiary/aromatic N) is 4. The predicted molar refractivity (Wildman–Crippen MR) is 84.1 cm³/mol. The molecule has 0 bridgehead atoms. The van der Waals surface area contributed by atoms with E-state index in [4.69, 9.17) is 11.6 Å². The molecule has 0 aliphatic carbocycles. The number of fused-ring (bicyclic) bond motifs is 3. The van der Waals surface area contributed by atoms with Gasteiger partial charge in [0.2, 0.25) is 0 Å². The third-order valence-corrected chi connectivity index (χ3v) is 4.30. The molecule has 0 aliphatic heterocycles. The van der Waals surface area contributed by atoms with Crippen LogP contribution in [0.15, 0.2) is 40.0 Å². The Kier molecular flexibility index (Phi) is 2.63. The molecule has 0 amide bonds. The van der Waals surface area contributed by atoms with Gasteiger partial charge in [-0.3, -0.25) is 9.20 Å². The van der Waals surface area contributed by atoms with Crippen LogP contribution < -0.4 is 5.56 Å². The van der Waals surface area contributed by atoms with Crippen LogP contribution in [0.2, 0.25) is 5.02 Å². The number of rotatable bonds is 1. The largest absolute Gasteiger partial charge is 0.321 e. The normalized spacial score (nSPS) is 11.5. The van der Waals surface area contributed by atoms with Gasteiger partial charge in [-0.25, -0.2) is 4.98 Å². The molecule has 4 aromatic heterocycles. The Morgan fingerprint density at radius 1 is 1.24 bits per heavy atom. The summed E-state index contributed by atoms with van der Waals surface area (Å²) < 4.78 is 3.52. The van der Waals surface area contributed by atoms with Crippen molar-refractivity contribution in [2.75, 3.05) is 0 Å². The van der Waals surface area contributed by atoms with Crippen LogP contribution in [0.3, 0.4) is 0 Å². The van der Waals surface area contributed by atoms with Crippen molar-refractivity contribution in [2.45, 2.75) is 0 Å². The lowest BCUT2D eigenvalue weighted by Crippen LogP contribution is -2.12. The van der Waals surface area contributed by atoms with Crippen molar-refractivity contribution in [2.24, 2.45) is 7.05 Å². The lowest BCUT2D eigenvalue weighted by Gasteiger charge is -2.02. The second kappa shape index (κ2) is 4.41. The van der Waals surface area contributed by atoms with Gasteiger partial charge in [-0.1, -0.05) is 11.6 Å². The number of imidazole rings is 1. The quantitative estimate of drug-likeness (QED) is 0.542. The summed E-state index contributed by atoms with van der Waals surface area (Å²) in [6.45, 7) is 0. The summed E-state index contributed by atoms with van der Waals surface area (Å²) in [5.74, 6) is 0.741. The van der Waals surface area contributed by atoms with E-state index in [-0.39, 0.29) is 5.56 Å². The SMILES string of the molecule is Cn1c(-c2ccsc2)nc2c1c(=O)nc1ccc(Cl)cn12. The van der Waals surface area contributed by atoms with Gasteiger partial charge in [0, 0.05) is 24.2 Å². The summed E-state index contributed by atoms with van der Waals surface area (Å²) in [7, 11) is 1.82. The minimum absolute atomic E-state index is 0.288. The molecule has 0 radical (unpaired) electrons. The third-order valence-electron chi connectivity index (χ3n) is 3.39. The molecule has 5 nitrogen and oxygen atoms in total. The fraction of sp³-hybridized carbons (Fsp3) is 0.0714. The summed E-state index contributed by atoms with van der Waals surface area (Å²) >= 11 is 7.63. The fourth-order valence-corrected chi connectivity index (χ4v) is 3.22. The molecule has 0 fully saturated rings. The van der Waals surface area contributed by atoms with Crippen LogP contribution >= 0.6 is 22.9 Å². The molecular weight excluding hydrogens is 308 g/mol. The summed E-state index contributed by atoms with van der Waals surface area (Å²) in [6.07, 6.45) is 1.72. The predicted octanol–water partition coefficient (Wildman–Crippen LogP) is 2.96. The zero-order valence-corrected chi connectivity index (χ0v) is 12.5. The summed E-state index contributed by atoms with van der Waals surface area (Å²) in [6, 6.07) is 5.39. The van der Waals surface area contributed by atoms with E-state index in [1.54, 1.807) is 38.6 Å². The van der Waals surface area contributed by atoms with Crippen LogP contribution in [0, 0.1) is 0 Å². The van der Waals surface area contributed by atoms with Gasteiger partial charge >= 0.3 is 0 Å². The van der Waals surface area contributed by atoms with E-state index in [1.807, 2.05) is 23.9 Å². The molecule has 104 valence electrons. The van der Waals surface area contributed by atoms with Gasteiger partial charge in [0.25, 0.3) is 5.56 Å². The van der Waals surface area contributed by atoms with Gasteiger partial charge in [0.15, 0.2) is 11.2 Å². The van der Waals surface area contributed by atoms with Crippen molar-refractivity contribution in [3.8, 4) is 11.4 Å². The van der Waals surface area contributed by atoms with Crippen molar-refractivity contribution in [3.05, 3.63) is 50.5 Å². The Labute approximate surface area is 128 Å². The number of hydrogen-bond acceptors (Lipinski definition) is 4. The van der Waals surface area contributed by atoms with E-state index in [2.05, 4.69) is 9.97 Å². The molecule has 0 saturated carbocycles. The van der Waals surface area contributed by atoms with E-state index in [9.17, 15) is 4.79 Å². The highest BCUT2D eigenvalue weighted by Crippen LogP contribution is 2.24. The summed E-state index contributed by atoms with van der Waals surface area (Å²) in [5.41, 5.74) is 2.26. The Balaban J connectivity index is 2.21. The van der Waals surface area contributed by atoms with Crippen LogP contribution in [-0.4, -0.2) is 18.9 Å². The van der Waals surface area contributed by atoms with Crippen molar-refractivity contribution in [1.29, 1.82) is 0 Å². The highest BCUT2D eigenvalue weighted by atomic mass is 35.5. The van der Waals surface area contributed by atoms with E-state index >= 15 is 0 Å². The molecule has 21 heavy (non-hydrogen) atoms. The highest BCUT2D eigenvalue weighted by molar-refractivity contribution is 7.08. The Morgan fingerprint density at radius 3 is 2.86 bits per heavy atom. The molecule has 0 atom stereocenters.